The third-order valence-electron chi connectivity index (χ3n) is 4.34. The van der Waals surface area contributed by atoms with Crippen LogP contribution in [-0.2, 0) is 13.1 Å². The van der Waals surface area contributed by atoms with Crippen LogP contribution in [0.1, 0.15) is 23.2 Å². The van der Waals surface area contributed by atoms with Crippen LogP contribution in [0.4, 0.5) is 0 Å². The predicted molar refractivity (Wildman–Crippen MR) is 104 cm³/mol. The average Bonchev–Trinajstić information content (AvgIpc) is 3.42. The Hall–Kier alpha value is -3.74. The van der Waals surface area contributed by atoms with Gasteiger partial charge in [-0.3, -0.25) is 9.48 Å². The molecule has 140 valence electrons. The lowest BCUT2D eigenvalue weighted by Crippen LogP contribution is -2.22. The summed E-state index contributed by atoms with van der Waals surface area (Å²) in [4.78, 5) is 16.5. The highest BCUT2D eigenvalue weighted by Crippen LogP contribution is 2.24. The second kappa shape index (κ2) is 7.87. The van der Waals surface area contributed by atoms with Gasteiger partial charge in [-0.1, -0.05) is 41.6 Å². The fourth-order valence-corrected chi connectivity index (χ4v) is 2.94. The first kappa shape index (κ1) is 17.7. The zero-order chi connectivity index (χ0) is 19.3. The molecule has 0 radical (unpaired) electrons. The van der Waals surface area contributed by atoms with Crippen molar-refractivity contribution >= 4 is 5.91 Å². The number of nitrogens with one attached hydrogen (secondary N) is 1. The van der Waals surface area contributed by atoms with E-state index < -0.39 is 0 Å². The summed E-state index contributed by atoms with van der Waals surface area (Å²) in [5.74, 6) is 0.645. The summed E-state index contributed by atoms with van der Waals surface area (Å²) >= 11 is 0. The van der Waals surface area contributed by atoms with Gasteiger partial charge in [0.25, 0.3) is 5.91 Å². The first-order valence-corrected chi connectivity index (χ1v) is 9.03. The summed E-state index contributed by atoms with van der Waals surface area (Å²) in [6.07, 6.45) is 1.79. The van der Waals surface area contributed by atoms with Crippen molar-refractivity contribution in [3.05, 3.63) is 78.3 Å². The molecule has 0 aliphatic rings. The second-order valence-electron chi connectivity index (χ2n) is 6.17. The van der Waals surface area contributed by atoms with E-state index in [0.29, 0.717) is 17.3 Å². The van der Waals surface area contributed by atoms with Crippen molar-refractivity contribution in [2.45, 2.75) is 20.0 Å². The first-order valence-electron chi connectivity index (χ1n) is 9.03. The molecule has 0 unspecified atom stereocenters. The lowest BCUT2D eigenvalue weighted by molar-refractivity contribution is 0.0946. The molecule has 1 N–H and O–H groups in total. The molecule has 7 heteroatoms. The molecule has 2 aromatic heterocycles. The highest BCUT2D eigenvalue weighted by molar-refractivity contribution is 5.93. The zero-order valence-electron chi connectivity index (χ0n) is 15.4. The van der Waals surface area contributed by atoms with Crippen molar-refractivity contribution in [1.82, 2.24) is 25.2 Å². The van der Waals surface area contributed by atoms with Gasteiger partial charge < -0.3 is 9.84 Å². The lowest BCUT2D eigenvalue weighted by Gasteiger charge is -2.05. The number of aryl methyl sites for hydroxylation is 1. The van der Waals surface area contributed by atoms with Crippen LogP contribution in [0.15, 0.2) is 71.4 Å². The van der Waals surface area contributed by atoms with E-state index in [1.165, 1.54) is 0 Å². The van der Waals surface area contributed by atoms with Gasteiger partial charge in [0.05, 0.1) is 12.2 Å². The molecule has 0 fully saturated rings. The molecule has 0 aliphatic carbocycles. The van der Waals surface area contributed by atoms with Gasteiger partial charge in [0, 0.05) is 29.4 Å². The van der Waals surface area contributed by atoms with Gasteiger partial charge in [0.15, 0.2) is 0 Å². The second-order valence-corrected chi connectivity index (χ2v) is 6.17. The van der Waals surface area contributed by atoms with Gasteiger partial charge >= 0.3 is 0 Å². The van der Waals surface area contributed by atoms with Crippen molar-refractivity contribution in [2.24, 2.45) is 0 Å². The Kier molecular flexibility index (Phi) is 4.97. The van der Waals surface area contributed by atoms with Crippen LogP contribution in [0, 0.1) is 0 Å². The molecular formula is C21H19N5O2. The maximum absolute atomic E-state index is 12.1. The lowest BCUT2D eigenvalue weighted by atomic mass is 10.1. The van der Waals surface area contributed by atoms with E-state index in [4.69, 9.17) is 4.52 Å². The summed E-state index contributed by atoms with van der Waals surface area (Å²) in [6, 6.07) is 18.9. The summed E-state index contributed by atoms with van der Waals surface area (Å²) in [5.41, 5.74) is 3.48. The Morgan fingerprint density at radius 1 is 1.07 bits per heavy atom. The number of amides is 1. The molecular weight excluding hydrogens is 354 g/mol. The van der Waals surface area contributed by atoms with Crippen LogP contribution in [0.5, 0.6) is 0 Å². The molecule has 2 heterocycles. The molecule has 0 saturated carbocycles. The minimum atomic E-state index is -0.185. The molecule has 0 atom stereocenters. The van der Waals surface area contributed by atoms with Crippen LogP contribution < -0.4 is 5.32 Å². The van der Waals surface area contributed by atoms with Crippen LogP contribution in [-0.4, -0.2) is 25.8 Å². The van der Waals surface area contributed by atoms with Crippen LogP contribution in [0.2, 0.25) is 0 Å². The molecule has 0 saturated heterocycles. The molecule has 7 nitrogen and oxygen atoms in total. The van der Waals surface area contributed by atoms with E-state index in [2.05, 4.69) is 27.5 Å². The van der Waals surface area contributed by atoms with Gasteiger partial charge in [-0.25, -0.2) is 0 Å². The third-order valence-corrected chi connectivity index (χ3v) is 4.34. The van der Waals surface area contributed by atoms with Crippen LogP contribution in [0.3, 0.4) is 0 Å². The van der Waals surface area contributed by atoms with Gasteiger partial charge in [-0.15, -0.1) is 0 Å². The highest BCUT2D eigenvalue weighted by Gasteiger charge is 2.12. The van der Waals surface area contributed by atoms with E-state index in [1.54, 1.807) is 18.3 Å². The number of aromatic nitrogens is 4. The van der Waals surface area contributed by atoms with Gasteiger partial charge in [0.1, 0.15) is 0 Å². The van der Waals surface area contributed by atoms with Crippen LogP contribution >= 0.6 is 0 Å². The molecule has 28 heavy (non-hydrogen) atoms. The van der Waals surface area contributed by atoms with E-state index in [9.17, 15) is 4.79 Å². The molecule has 0 aliphatic heterocycles. The van der Waals surface area contributed by atoms with Crippen LogP contribution in [0.25, 0.3) is 22.6 Å². The van der Waals surface area contributed by atoms with Gasteiger partial charge in [0.2, 0.25) is 11.7 Å². The predicted octanol–water partition coefficient (Wildman–Crippen LogP) is 3.55. The topological polar surface area (TPSA) is 85.8 Å². The summed E-state index contributed by atoms with van der Waals surface area (Å²) in [7, 11) is 0. The van der Waals surface area contributed by atoms with Crippen molar-refractivity contribution in [3.63, 3.8) is 0 Å². The first-order chi connectivity index (χ1) is 13.7. The number of hydrogen-bond donors (Lipinski definition) is 1. The highest BCUT2D eigenvalue weighted by atomic mass is 16.5. The molecule has 2 aromatic carbocycles. The molecule has 0 bridgehead atoms. The fraction of sp³-hybridized carbons (Fsp3) is 0.143. The van der Waals surface area contributed by atoms with Crippen molar-refractivity contribution < 1.29 is 9.32 Å². The Morgan fingerprint density at radius 3 is 2.71 bits per heavy atom. The smallest absolute Gasteiger partial charge is 0.251 e. The number of nitrogens with zero attached hydrogens (tertiary/aromatic N) is 4. The quantitative estimate of drug-likeness (QED) is 0.559. The SMILES string of the molecule is CCn1nccc1-c1cccc(-c2noc(CNC(=O)c3ccccc3)n2)c1. The normalized spacial score (nSPS) is 10.8. The third kappa shape index (κ3) is 3.68. The standard InChI is InChI=1S/C21H19N5O2/c1-2-26-18(11-12-23-26)16-9-6-10-17(13-16)20-24-19(28-25-20)14-22-21(27)15-7-4-3-5-8-15/h3-13H,2,14H2,1H3,(H,22,27). The molecule has 4 aromatic rings. The van der Waals surface area contributed by atoms with E-state index >= 15 is 0 Å². The van der Waals surface area contributed by atoms with Crippen molar-refractivity contribution in [1.29, 1.82) is 0 Å². The Morgan fingerprint density at radius 2 is 1.89 bits per heavy atom. The monoisotopic (exact) mass is 373 g/mol. The van der Waals surface area contributed by atoms with E-state index in [1.807, 2.05) is 53.2 Å². The van der Waals surface area contributed by atoms with Crippen molar-refractivity contribution in [2.75, 3.05) is 0 Å². The summed E-state index contributed by atoms with van der Waals surface area (Å²) in [5, 5.41) is 11.1. The van der Waals surface area contributed by atoms with E-state index in [0.717, 1.165) is 23.4 Å². The van der Waals surface area contributed by atoms with E-state index in [-0.39, 0.29) is 12.5 Å². The minimum absolute atomic E-state index is 0.170. The fourth-order valence-electron chi connectivity index (χ4n) is 2.94. The molecule has 1 amide bonds. The Balaban J connectivity index is 1.49. The van der Waals surface area contributed by atoms with Gasteiger partial charge in [-0.05, 0) is 31.2 Å². The number of benzene rings is 2. The molecule has 0 spiro atoms. The summed E-state index contributed by atoms with van der Waals surface area (Å²) in [6.45, 7) is 3.01. The minimum Gasteiger partial charge on any atom is -0.343 e. The number of rotatable bonds is 6. The largest absolute Gasteiger partial charge is 0.343 e. The number of carbonyl (C=O) groups is 1. The maximum Gasteiger partial charge on any atom is 0.251 e. The number of hydrogen-bond acceptors (Lipinski definition) is 5. The summed E-state index contributed by atoms with van der Waals surface area (Å²) < 4.78 is 7.22. The number of carbonyl (C=O) groups excluding carboxylic acids is 1. The van der Waals surface area contributed by atoms with Gasteiger partial charge in [-0.2, -0.15) is 10.1 Å². The Bertz CT molecular complexity index is 1080. The average molecular weight is 373 g/mol. The zero-order valence-corrected chi connectivity index (χ0v) is 15.4. The molecule has 4 rings (SSSR count). The maximum atomic E-state index is 12.1. The Labute approximate surface area is 162 Å². The van der Waals surface area contributed by atoms with Crippen molar-refractivity contribution in [3.8, 4) is 22.6 Å².